The van der Waals surface area contributed by atoms with Gasteiger partial charge in [-0.1, -0.05) is 24.3 Å². The van der Waals surface area contributed by atoms with E-state index in [0.29, 0.717) is 5.56 Å². The summed E-state index contributed by atoms with van der Waals surface area (Å²) in [6.07, 6.45) is -0.615. The fourth-order valence-corrected chi connectivity index (χ4v) is 6.22. The zero-order valence-electron chi connectivity index (χ0n) is 12.9. The Bertz CT molecular complexity index is 771. The Morgan fingerprint density at radius 2 is 1.83 bits per heavy atom. The third-order valence-corrected chi connectivity index (χ3v) is 7.57. The van der Waals surface area contributed by atoms with Gasteiger partial charge in [-0.2, -0.15) is 0 Å². The van der Waals surface area contributed by atoms with Crippen LogP contribution in [0.2, 0.25) is 0 Å². The molecule has 0 saturated carbocycles. The minimum absolute atomic E-state index is 0.319. The topological polar surface area (TPSA) is 82.1 Å². The number of likely N-dealkylation sites (tertiary alicyclic amines) is 1. The number of amides is 2. The predicted molar refractivity (Wildman–Crippen MR) is 78.3 cm³/mol. The number of hydrogen-bond acceptors (Lipinski definition) is 6. The Hall–Kier alpha value is -1.53. The molecule has 122 valence electrons. The van der Waals surface area contributed by atoms with E-state index >= 15 is 0 Å². The number of rotatable bonds is 3. The van der Waals surface area contributed by atoms with Crippen molar-refractivity contribution >= 4 is 19.4 Å². The van der Waals surface area contributed by atoms with Gasteiger partial charge >= 0.3 is 7.60 Å². The molecule has 2 fully saturated rings. The SMILES string of the molecule is COP(=O)(OC)C12OC(c3ccccc31)C1C(=O)N(C)C(=O)C12. The molecule has 2 amide bonds. The smallest absolute Gasteiger partial charge is 0.348 e. The first-order valence-electron chi connectivity index (χ1n) is 7.23. The number of ether oxygens (including phenoxy) is 1. The maximum atomic E-state index is 13.3. The lowest BCUT2D eigenvalue weighted by atomic mass is 9.77. The van der Waals surface area contributed by atoms with E-state index in [1.807, 2.05) is 12.1 Å². The highest BCUT2D eigenvalue weighted by Crippen LogP contribution is 2.79. The molecule has 23 heavy (non-hydrogen) atoms. The first-order valence-corrected chi connectivity index (χ1v) is 8.77. The lowest BCUT2D eigenvalue weighted by Crippen LogP contribution is -2.40. The van der Waals surface area contributed by atoms with Gasteiger partial charge in [0, 0.05) is 26.8 Å². The van der Waals surface area contributed by atoms with Gasteiger partial charge in [0.15, 0.2) is 0 Å². The Morgan fingerprint density at radius 1 is 1.17 bits per heavy atom. The zero-order chi connectivity index (χ0) is 16.6. The highest BCUT2D eigenvalue weighted by Gasteiger charge is 2.78. The van der Waals surface area contributed by atoms with Crippen molar-refractivity contribution < 1.29 is 27.9 Å². The summed E-state index contributed by atoms with van der Waals surface area (Å²) in [6.45, 7) is 0. The highest BCUT2D eigenvalue weighted by atomic mass is 31.2. The molecule has 1 aromatic rings. The van der Waals surface area contributed by atoms with Crippen molar-refractivity contribution in [2.24, 2.45) is 11.8 Å². The van der Waals surface area contributed by atoms with Crippen LogP contribution in [0.1, 0.15) is 17.2 Å². The van der Waals surface area contributed by atoms with Gasteiger partial charge in [-0.25, -0.2) is 0 Å². The molecule has 0 spiro atoms. The van der Waals surface area contributed by atoms with Gasteiger partial charge in [-0.05, 0) is 5.56 Å². The molecule has 3 aliphatic heterocycles. The maximum absolute atomic E-state index is 13.3. The van der Waals surface area contributed by atoms with E-state index in [0.717, 1.165) is 10.5 Å². The molecule has 0 radical (unpaired) electrons. The lowest BCUT2D eigenvalue weighted by molar-refractivity contribution is -0.143. The van der Waals surface area contributed by atoms with Crippen LogP contribution in [0.15, 0.2) is 24.3 Å². The van der Waals surface area contributed by atoms with Gasteiger partial charge in [0.2, 0.25) is 17.2 Å². The van der Waals surface area contributed by atoms with Crippen LogP contribution in [0.3, 0.4) is 0 Å². The number of carbonyl (C=O) groups is 2. The standard InChI is InChI=1S/C15H16NO6P/c1-16-13(17)10-11(14(16)18)15(23(19,20-2)21-3)9-7-5-4-6-8(9)12(10)22-15/h4-7,10-12H,1-3H3. The Morgan fingerprint density at radius 3 is 2.48 bits per heavy atom. The molecule has 1 aromatic carbocycles. The fraction of sp³-hybridized carbons (Fsp3) is 0.467. The van der Waals surface area contributed by atoms with E-state index in [1.165, 1.54) is 21.3 Å². The second-order valence-electron chi connectivity index (χ2n) is 5.92. The van der Waals surface area contributed by atoms with Crippen molar-refractivity contribution in [3.63, 3.8) is 0 Å². The molecule has 4 unspecified atom stereocenters. The molecule has 0 aliphatic carbocycles. The largest absolute Gasteiger partial charge is 0.367 e. The molecule has 0 aromatic heterocycles. The summed E-state index contributed by atoms with van der Waals surface area (Å²) in [4.78, 5) is 26.3. The normalized spacial score (nSPS) is 34.9. The summed E-state index contributed by atoms with van der Waals surface area (Å²) < 4.78 is 29.8. The van der Waals surface area contributed by atoms with Crippen molar-refractivity contribution in [2.75, 3.05) is 21.3 Å². The zero-order valence-corrected chi connectivity index (χ0v) is 13.8. The second-order valence-corrected chi connectivity index (χ2v) is 8.31. The number of fused-ring (bicyclic) bond motifs is 8. The number of hydrogen-bond donors (Lipinski definition) is 0. The van der Waals surface area contributed by atoms with Gasteiger partial charge in [0.05, 0.1) is 17.9 Å². The van der Waals surface area contributed by atoms with Crippen molar-refractivity contribution in [1.29, 1.82) is 0 Å². The predicted octanol–water partition coefficient (Wildman–Crippen LogP) is 1.64. The van der Waals surface area contributed by atoms with E-state index in [9.17, 15) is 14.2 Å². The summed E-state index contributed by atoms with van der Waals surface area (Å²) in [5.74, 6) is -2.32. The van der Waals surface area contributed by atoms with Gasteiger partial charge in [0.1, 0.15) is 0 Å². The van der Waals surface area contributed by atoms with Gasteiger partial charge in [-0.3, -0.25) is 19.1 Å². The Balaban J connectivity index is 2.04. The molecular formula is C15H16NO6P. The molecule has 7 nitrogen and oxygen atoms in total. The van der Waals surface area contributed by atoms with Gasteiger partial charge < -0.3 is 13.8 Å². The molecular weight excluding hydrogens is 321 g/mol. The van der Waals surface area contributed by atoms with Crippen LogP contribution >= 0.6 is 7.60 Å². The fourth-order valence-electron chi connectivity index (χ4n) is 4.18. The number of carbonyl (C=O) groups excluding carboxylic acids is 2. The number of benzene rings is 1. The van der Waals surface area contributed by atoms with Crippen molar-refractivity contribution in [2.45, 2.75) is 11.4 Å². The van der Waals surface area contributed by atoms with E-state index in [2.05, 4.69) is 0 Å². The van der Waals surface area contributed by atoms with Crippen LogP contribution in [-0.2, 0) is 33.3 Å². The summed E-state index contributed by atoms with van der Waals surface area (Å²) >= 11 is 0. The van der Waals surface area contributed by atoms with Crippen LogP contribution in [0.25, 0.3) is 0 Å². The number of nitrogens with zero attached hydrogens (tertiary/aromatic N) is 1. The third-order valence-electron chi connectivity index (χ3n) is 5.17. The highest BCUT2D eigenvalue weighted by molar-refractivity contribution is 7.55. The average Bonchev–Trinajstić information content (AvgIpc) is 3.19. The molecule has 2 saturated heterocycles. The summed E-state index contributed by atoms with van der Waals surface area (Å²) in [7, 11) is 0.124. The molecule has 2 bridgehead atoms. The van der Waals surface area contributed by atoms with Crippen LogP contribution in [-0.4, -0.2) is 38.0 Å². The van der Waals surface area contributed by atoms with Crippen molar-refractivity contribution in [1.82, 2.24) is 4.90 Å². The Kier molecular flexibility index (Phi) is 2.95. The molecule has 3 heterocycles. The second kappa shape index (κ2) is 4.51. The molecule has 4 atom stereocenters. The molecule has 8 heteroatoms. The van der Waals surface area contributed by atoms with Crippen molar-refractivity contribution in [3.05, 3.63) is 35.4 Å². The summed E-state index contributed by atoms with van der Waals surface area (Å²) in [5.41, 5.74) is 1.37. The summed E-state index contributed by atoms with van der Waals surface area (Å²) in [5, 5.41) is -1.57. The molecule has 0 N–H and O–H groups in total. The summed E-state index contributed by atoms with van der Waals surface area (Å²) in [6, 6.07) is 7.18. The Labute approximate surface area is 133 Å². The van der Waals surface area contributed by atoms with E-state index < -0.39 is 36.8 Å². The molecule has 3 aliphatic rings. The van der Waals surface area contributed by atoms with E-state index in [4.69, 9.17) is 13.8 Å². The third kappa shape index (κ3) is 1.45. The minimum Gasteiger partial charge on any atom is -0.348 e. The van der Waals surface area contributed by atoms with E-state index in [-0.39, 0.29) is 5.91 Å². The molecule has 4 rings (SSSR count). The monoisotopic (exact) mass is 337 g/mol. The lowest BCUT2D eigenvalue weighted by Gasteiger charge is -2.36. The van der Waals surface area contributed by atoms with Gasteiger partial charge in [-0.15, -0.1) is 0 Å². The van der Waals surface area contributed by atoms with Crippen LogP contribution in [0, 0.1) is 11.8 Å². The number of imide groups is 1. The first kappa shape index (κ1) is 15.0. The average molecular weight is 337 g/mol. The minimum atomic E-state index is -3.83. The first-order chi connectivity index (χ1) is 10.9. The quantitative estimate of drug-likeness (QED) is 0.616. The van der Waals surface area contributed by atoms with Gasteiger partial charge in [0.25, 0.3) is 0 Å². The van der Waals surface area contributed by atoms with E-state index in [1.54, 1.807) is 12.1 Å². The van der Waals surface area contributed by atoms with Crippen LogP contribution in [0.5, 0.6) is 0 Å². The van der Waals surface area contributed by atoms with Crippen LogP contribution < -0.4 is 0 Å². The van der Waals surface area contributed by atoms with Crippen LogP contribution in [0.4, 0.5) is 0 Å². The maximum Gasteiger partial charge on any atom is 0.367 e. The van der Waals surface area contributed by atoms with Crippen molar-refractivity contribution in [3.8, 4) is 0 Å².